The summed E-state index contributed by atoms with van der Waals surface area (Å²) in [5.41, 5.74) is 5.28. The molecule has 180 valence electrons. The summed E-state index contributed by atoms with van der Waals surface area (Å²) in [5, 5.41) is 15.5. The molecule has 2 aromatic carbocycles. The van der Waals surface area contributed by atoms with Gasteiger partial charge in [-0.05, 0) is 67.8 Å². The van der Waals surface area contributed by atoms with Crippen LogP contribution in [0.3, 0.4) is 0 Å². The van der Waals surface area contributed by atoms with E-state index in [0.29, 0.717) is 23.7 Å². The lowest BCUT2D eigenvalue weighted by Gasteiger charge is -2.28. The summed E-state index contributed by atoms with van der Waals surface area (Å²) in [6.07, 6.45) is 3.89. The summed E-state index contributed by atoms with van der Waals surface area (Å²) in [7, 11) is 1.80. The van der Waals surface area contributed by atoms with Crippen molar-refractivity contribution in [2.45, 2.75) is 26.2 Å². The molecule has 0 radical (unpaired) electrons. The molecule has 2 aliphatic rings. The van der Waals surface area contributed by atoms with Crippen LogP contribution < -0.4 is 15.5 Å². The molecule has 3 aromatic rings. The van der Waals surface area contributed by atoms with Crippen LogP contribution in [0.4, 0.5) is 17.5 Å². The van der Waals surface area contributed by atoms with Crippen LogP contribution in [0.15, 0.2) is 53.7 Å². The van der Waals surface area contributed by atoms with Gasteiger partial charge in [-0.25, -0.2) is 4.98 Å². The molecule has 3 heterocycles. The Bertz CT molecular complexity index is 1480. The Morgan fingerprint density at radius 3 is 2.81 bits per heavy atom. The van der Waals surface area contributed by atoms with E-state index in [2.05, 4.69) is 37.6 Å². The summed E-state index contributed by atoms with van der Waals surface area (Å²) in [6, 6.07) is 15.4. The highest BCUT2D eigenvalue weighted by Crippen LogP contribution is 2.37. The number of aromatic nitrogens is 2. The maximum absolute atomic E-state index is 13.1. The lowest BCUT2D eigenvalue weighted by atomic mass is 9.85. The minimum absolute atomic E-state index is 0.226. The Hall–Kier alpha value is -4.51. The minimum Gasteiger partial charge on any atom is -0.357 e. The average molecular weight is 478 g/mol. The highest BCUT2D eigenvalue weighted by Gasteiger charge is 2.31. The predicted molar refractivity (Wildman–Crippen MR) is 143 cm³/mol. The molecule has 0 spiro atoms. The Kier molecular flexibility index (Phi) is 5.77. The van der Waals surface area contributed by atoms with Crippen molar-refractivity contribution in [2.24, 2.45) is 4.99 Å². The molecular formula is C28H27N7O. The van der Waals surface area contributed by atoms with Crippen LogP contribution in [-0.4, -0.2) is 41.8 Å². The van der Waals surface area contributed by atoms with E-state index in [4.69, 9.17) is 4.99 Å². The summed E-state index contributed by atoms with van der Waals surface area (Å²) < 4.78 is 0. The third kappa shape index (κ3) is 4.09. The van der Waals surface area contributed by atoms with Gasteiger partial charge in [-0.3, -0.25) is 9.79 Å². The first-order chi connectivity index (χ1) is 17.3. The van der Waals surface area contributed by atoms with Crippen molar-refractivity contribution in [2.75, 3.05) is 35.7 Å². The van der Waals surface area contributed by atoms with Crippen molar-refractivity contribution in [3.05, 3.63) is 76.5 Å². The number of aryl methyl sites for hydroxylation is 1. The lowest BCUT2D eigenvalue weighted by molar-refractivity contribution is 0.102. The topological polar surface area (TPSA) is 106 Å². The molecule has 0 saturated heterocycles. The zero-order valence-corrected chi connectivity index (χ0v) is 20.8. The number of nitriles is 1. The van der Waals surface area contributed by atoms with E-state index in [0.717, 1.165) is 46.0 Å². The Labute approximate surface area is 210 Å². The van der Waals surface area contributed by atoms with Gasteiger partial charge >= 0.3 is 0 Å². The van der Waals surface area contributed by atoms with Gasteiger partial charge in [0.25, 0.3) is 5.91 Å². The number of rotatable bonds is 5. The second-order valence-corrected chi connectivity index (χ2v) is 9.44. The minimum atomic E-state index is -0.678. The number of nitrogens with one attached hydrogen (secondary N) is 2. The first-order valence-corrected chi connectivity index (χ1v) is 11.8. The van der Waals surface area contributed by atoms with Gasteiger partial charge in [-0.2, -0.15) is 10.2 Å². The maximum atomic E-state index is 13.1. The van der Waals surface area contributed by atoms with Crippen LogP contribution >= 0.6 is 0 Å². The zero-order chi connectivity index (χ0) is 25.4. The van der Waals surface area contributed by atoms with Crippen molar-refractivity contribution in [3.63, 3.8) is 0 Å². The fraction of sp³-hybridized carbons (Fsp3) is 0.250. The number of aliphatic imine (C=N–C) groups is 1. The fourth-order valence-corrected chi connectivity index (χ4v) is 4.43. The normalized spacial score (nSPS) is 14.2. The molecule has 0 bridgehead atoms. The highest BCUT2D eigenvalue weighted by molar-refractivity contribution is 6.36. The number of amides is 1. The van der Waals surface area contributed by atoms with Gasteiger partial charge in [0, 0.05) is 42.2 Å². The predicted octanol–water partition coefficient (Wildman–Crippen LogP) is 4.65. The molecule has 8 heteroatoms. The SMILES string of the molecule is CNc1ncc2c(n1)N1CCN=C1C(c1cc(NC(=O)c3cccc(C(C)(C)C#N)c3)ccc1C)=C2. The van der Waals surface area contributed by atoms with Crippen LogP contribution in [-0.2, 0) is 5.41 Å². The molecule has 0 saturated carbocycles. The molecule has 0 unspecified atom stereocenters. The van der Waals surface area contributed by atoms with Gasteiger partial charge in [-0.1, -0.05) is 18.2 Å². The Balaban J connectivity index is 1.48. The maximum Gasteiger partial charge on any atom is 0.255 e. The second-order valence-electron chi connectivity index (χ2n) is 9.44. The van der Waals surface area contributed by atoms with Crippen molar-refractivity contribution in [3.8, 4) is 6.07 Å². The summed E-state index contributed by atoms with van der Waals surface area (Å²) in [4.78, 5) is 29.0. The third-order valence-electron chi connectivity index (χ3n) is 6.57. The van der Waals surface area contributed by atoms with Crippen LogP contribution in [0, 0.1) is 18.3 Å². The van der Waals surface area contributed by atoms with E-state index in [1.54, 1.807) is 19.2 Å². The number of carbonyl (C=O) groups is 1. The number of nitrogens with zero attached hydrogens (tertiary/aromatic N) is 5. The molecule has 1 aromatic heterocycles. The first kappa shape index (κ1) is 23.2. The fourth-order valence-electron chi connectivity index (χ4n) is 4.43. The van der Waals surface area contributed by atoms with Gasteiger partial charge in [0.1, 0.15) is 11.7 Å². The van der Waals surface area contributed by atoms with E-state index in [-0.39, 0.29) is 5.91 Å². The monoisotopic (exact) mass is 477 g/mol. The molecule has 8 nitrogen and oxygen atoms in total. The van der Waals surface area contributed by atoms with E-state index in [9.17, 15) is 10.1 Å². The van der Waals surface area contributed by atoms with Gasteiger partial charge in [0.2, 0.25) is 5.95 Å². The molecule has 2 aliphatic heterocycles. The van der Waals surface area contributed by atoms with Gasteiger partial charge in [0.15, 0.2) is 0 Å². The first-order valence-electron chi connectivity index (χ1n) is 11.8. The van der Waals surface area contributed by atoms with E-state index >= 15 is 0 Å². The van der Waals surface area contributed by atoms with Crippen molar-refractivity contribution >= 4 is 40.8 Å². The summed E-state index contributed by atoms with van der Waals surface area (Å²) >= 11 is 0. The zero-order valence-electron chi connectivity index (χ0n) is 20.8. The quantitative estimate of drug-likeness (QED) is 0.554. The Morgan fingerprint density at radius 1 is 1.19 bits per heavy atom. The smallest absolute Gasteiger partial charge is 0.255 e. The lowest BCUT2D eigenvalue weighted by Crippen LogP contribution is -2.32. The number of hydrogen-bond donors (Lipinski definition) is 2. The van der Waals surface area contributed by atoms with Gasteiger partial charge < -0.3 is 15.5 Å². The average Bonchev–Trinajstić information content (AvgIpc) is 3.39. The largest absolute Gasteiger partial charge is 0.357 e. The van der Waals surface area contributed by atoms with E-state index in [1.165, 1.54) is 0 Å². The molecule has 36 heavy (non-hydrogen) atoms. The van der Waals surface area contributed by atoms with Crippen LogP contribution in [0.5, 0.6) is 0 Å². The van der Waals surface area contributed by atoms with E-state index < -0.39 is 5.41 Å². The number of carbonyl (C=O) groups excluding carboxylic acids is 1. The van der Waals surface area contributed by atoms with E-state index in [1.807, 2.05) is 57.3 Å². The van der Waals surface area contributed by atoms with Crippen molar-refractivity contribution in [1.82, 2.24) is 9.97 Å². The molecular weight excluding hydrogens is 450 g/mol. The number of anilines is 3. The summed E-state index contributed by atoms with van der Waals surface area (Å²) in [5.74, 6) is 2.06. The second kappa shape index (κ2) is 8.93. The Morgan fingerprint density at radius 2 is 2.03 bits per heavy atom. The third-order valence-corrected chi connectivity index (χ3v) is 6.57. The van der Waals surface area contributed by atoms with Crippen molar-refractivity contribution in [1.29, 1.82) is 5.26 Å². The molecule has 0 atom stereocenters. The van der Waals surface area contributed by atoms with Crippen LogP contribution in [0.25, 0.3) is 11.6 Å². The molecule has 5 rings (SSSR count). The molecule has 0 aliphatic carbocycles. The standard InChI is InChI=1S/C28H27N7O/c1-17-8-9-21(33-26(36)18-6-5-7-20(12-18)28(2,3)16-29)14-22(17)23-13-19-15-32-27(30-4)34-24(19)35-11-10-31-25(23)35/h5-9,12-15H,10-11H2,1-4H3,(H,33,36)(H,30,32,34). The number of hydrogen-bond acceptors (Lipinski definition) is 7. The number of amidine groups is 1. The van der Waals surface area contributed by atoms with Gasteiger partial charge in [0.05, 0.1) is 18.0 Å². The van der Waals surface area contributed by atoms with Gasteiger partial charge in [-0.15, -0.1) is 0 Å². The number of benzene rings is 2. The highest BCUT2D eigenvalue weighted by atomic mass is 16.1. The summed E-state index contributed by atoms with van der Waals surface area (Å²) in [6.45, 7) is 7.17. The van der Waals surface area contributed by atoms with Crippen LogP contribution in [0.1, 0.15) is 46.5 Å². The van der Waals surface area contributed by atoms with Crippen molar-refractivity contribution < 1.29 is 4.79 Å². The molecule has 0 fully saturated rings. The number of fused-ring (bicyclic) bond motifs is 3. The molecule has 2 N–H and O–H groups in total. The molecule has 1 amide bonds. The van der Waals surface area contributed by atoms with Crippen LogP contribution in [0.2, 0.25) is 0 Å².